The number of carboxylic acids is 1. The van der Waals surface area contributed by atoms with E-state index in [4.69, 9.17) is 5.11 Å². The van der Waals surface area contributed by atoms with E-state index in [1.165, 1.54) is 10.4 Å². The van der Waals surface area contributed by atoms with Crippen LogP contribution in [0, 0.1) is 5.92 Å². The van der Waals surface area contributed by atoms with Crippen molar-refractivity contribution in [3.05, 3.63) is 12.7 Å². The molecule has 1 fully saturated rings. The van der Waals surface area contributed by atoms with E-state index in [1.807, 2.05) is 0 Å². The Morgan fingerprint density at radius 2 is 2.20 bits per heavy atom. The highest BCUT2D eigenvalue weighted by molar-refractivity contribution is 7.88. The van der Waals surface area contributed by atoms with Crippen LogP contribution >= 0.6 is 0 Å². The molecule has 8 heteroatoms. The molecule has 0 aliphatic carbocycles. The lowest BCUT2D eigenvalue weighted by Gasteiger charge is -2.30. The van der Waals surface area contributed by atoms with Crippen molar-refractivity contribution in [1.29, 1.82) is 0 Å². The van der Waals surface area contributed by atoms with Crippen LogP contribution in [0.2, 0.25) is 0 Å². The molecule has 2 N–H and O–H groups in total. The first-order valence-corrected chi connectivity index (χ1v) is 8.19. The van der Waals surface area contributed by atoms with Crippen molar-refractivity contribution >= 4 is 21.9 Å². The van der Waals surface area contributed by atoms with Gasteiger partial charge >= 0.3 is 5.97 Å². The minimum atomic E-state index is -3.33. The minimum absolute atomic E-state index is 0.102. The summed E-state index contributed by atoms with van der Waals surface area (Å²) < 4.78 is 24.2. The largest absolute Gasteiger partial charge is 0.480 e. The highest BCUT2D eigenvalue weighted by Gasteiger charge is 2.31. The van der Waals surface area contributed by atoms with Crippen LogP contribution < -0.4 is 5.32 Å². The number of hydrogen-bond acceptors (Lipinski definition) is 4. The summed E-state index contributed by atoms with van der Waals surface area (Å²) in [6, 6.07) is -1.02. The number of carbonyl (C=O) groups excluding carboxylic acids is 1. The van der Waals surface area contributed by atoms with Gasteiger partial charge in [-0.1, -0.05) is 6.08 Å². The maximum atomic E-state index is 12.0. The third-order valence-electron chi connectivity index (χ3n) is 3.24. The first-order valence-electron chi connectivity index (χ1n) is 6.35. The number of aliphatic carboxylic acids is 1. The molecule has 20 heavy (non-hydrogen) atoms. The summed E-state index contributed by atoms with van der Waals surface area (Å²) in [5, 5.41) is 11.4. The number of rotatable bonds is 6. The van der Waals surface area contributed by atoms with Crippen molar-refractivity contribution in [3.63, 3.8) is 0 Å². The number of amides is 1. The molecular weight excluding hydrogens is 284 g/mol. The third-order valence-corrected chi connectivity index (χ3v) is 4.51. The van der Waals surface area contributed by atoms with Crippen molar-refractivity contribution < 1.29 is 23.1 Å². The number of nitrogens with zero attached hydrogens (tertiary/aromatic N) is 1. The highest BCUT2D eigenvalue weighted by atomic mass is 32.2. The van der Waals surface area contributed by atoms with Crippen LogP contribution in [0.25, 0.3) is 0 Å². The lowest BCUT2D eigenvalue weighted by molar-refractivity contribution is -0.142. The molecule has 2 atom stereocenters. The van der Waals surface area contributed by atoms with Crippen LogP contribution in [-0.2, 0) is 19.6 Å². The van der Waals surface area contributed by atoms with E-state index in [0.29, 0.717) is 19.4 Å². The molecular formula is C12H20N2O5S. The minimum Gasteiger partial charge on any atom is -0.480 e. The van der Waals surface area contributed by atoms with Crippen LogP contribution in [-0.4, -0.2) is 55.1 Å². The van der Waals surface area contributed by atoms with Crippen molar-refractivity contribution in [1.82, 2.24) is 9.62 Å². The maximum absolute atomic E-state index is 12.0. The highest BCUT2D eigenvalue weighted by Crippen LogP contribution is 2.19. The van der Waals surface area contributed by atoms with E-state index in [-0.39, 0.29) is 13.0 Å². The van der Waals surface area contributed by atoms with Gasteiger partial charge in [0.1, 0.15) is 6.04 Å². The second kappa shape index (κ2) is 6.85. The standard InChI is InChI=1S/C12H20N2O5S/c1-3-5-10(12(16)17)13-11(15)9-6-4-7-14(8-9)20(2,18)19/h3,9-10H,1,4-8H2,2H3,(H,13,15)(H,16,17). The number of carbonyl (C=O) groups is 2. The average molecular weight is 304 g/mol. The van der Waals surface area contributed by atoms with E-state index in [2.05, 4.69) is 11.9 Å². The molecule has 1 aliphatic rings. The topological polar surface area (TPSA) is 104 Å². The number of hydrogen-bond donors (Lipinski definition) is 2. The van der Waals surface area contributed by atoms with Gasteiger partial charge in [0.2, 0.25) is 15.9 Å². The van der Waals surface area contributed by atoms with Crippen molar-refractivity contribution in [3.8, 4) is 0 Å². The Balaban J connectivity index is 2.67. The van der Waals surface area contributed by atoms with Gasteiger partial charge in [-0.3, -0.25) is 4.79 Å². The molecule has 0 aromatic heterocycles. The third kappa shape index (κ3) is 4.61. The average Bonchev–Trinajstić information content (AvgIpc) is 2.37. The van der Waals surface area contributed by atoms with Gasteiger partial charge < -0.3 is 10.4 Å². The summed E-state index contributed by atoms with van der Waals surface area (Å²) in [6.07, 6.45) is 3.79. The van der Waals surface area contributed by atoms with E-state index < -0.39 is 33.9 Å². The fourth-order valence-corrected chi connectivity index (χ4v) is 3.05. The summed E-state index contributed by atoms with van der Waals surface area (Å²) in [4.78, 5) is 23.0. The Bertz CT molecular complexity index is 488. The maximum Gasteiger partial charge on any atom is 0.326 e. The molecule has 2 unspecified atom stereocenters. The smallest absolute Gasteiger partial charge is 0.326 e. The first-order chi connectivity index (χ1) is 9.25. The van der Waals surface area contributed by atoms with Crippen molar-refractivity contribution in [2.24, 2.45) is 5.92 Å². The van der Waals surface area contributed by atoms with Gasteiger partial charge in [-0.05, 0) is 19.3 Å². The lowest BCUT2D eigenvalue weighted by atomic mass is 9.98. The number of nitrogens with one attached hydrogen (secondary N) is 1. The van der Waals surface area contributed by atoms with E-state index >= 15 is 0 Å². The fraction of sp³-hybridized carbons (Fsp3) is 0.667. The van der Waals surface area contributed by atoms with Crippen LogP contribution in [0.1, 0.15) is 19.3 Å². The molecule has 0 aromatic carbocycles. The number of sulfonamides is 1. The fourth-order valence-electron chi connectivity index (χ4n) is 2.14. The SMILES string of the molecule is C=CCC(NC(=O)C1CCCN(S(C)(=O)=O)C1)C(=O)O. The molecule has 0 spiro atoms. The first kappa shape index (κ1) is 16.6. The van der Waals surface area contributed by atoms with Crippen LogP contribution in [0.5, 0.6) is 0 Å². The van der Waals surface area contributed by atoms with Crippen LogP contribution in [0.15, 0.2) is 12.7 Å². The summed E-state index contributed by atoms with van der Waals surface area (Å²) in [6.45, 7) is 3.95. The Morgan fingerprint density at radius 3 is 2.70 bits per heavy atom. The van der Waals surface area contributed by atoms with Crippen molar-refractivity contribution in [2.75, 3.05) is 19.3 Å². The van der Waals surface area contributed by atoms with Crippen LogP contribution in [0.3, 0.4) is 0 Å². The Labute approximate surface area is 118 Å². The van der Waals surface area contributed by atoms with Gasteiger partial charge in [0.25, 0.3) is 0 Å². The number of piperidine rings is 1. The van der Waals surface area contributed by atoms with Crippen LogP contribution in [0.4, 0.5) is 0 Å². The predicted octanol–water partition coefficient (Wildman–Crippen LogP) is -0.196. The van der Waals surface area contributed by atoms with Gasteiger partial charge in [0.05, 0.1) is 12.2 Å². The molecule has 7 nitrogen and oxygen atoms in total. The van der Waals surface area contributed by atoms with Gasteiger partial charge in [0.15, 0.2) is 0 Å². The molecule has 1 rings (SSSR count). The van der Waals surface area contributed by atoms with Gasteiger partial charge in [-0.2, -0.15) is 0 Å². The van der Waals surface area contributed by atoms with Crippen molar-refractivity contribution in [2.45, 2.75) is 25.3 Å². The molecule has 0 aromatic rings. The second-order valence-electron chi connectivity index (χ2n) is 4.88. The zero-order valence-corrected chi connectivity index (χ0v) is 12.2. The zero-order chi connectivity index (χ0) is 15.3. The second-order valence-corrected chi connectivity index (χ2v) is 6.87. The van der Waals surface area contributed by atoms with E-state index in [0.717, 1.165) is 6.26 Å². The zero-order valence-electron chi connectivity index (χ0n) is 11.4. The summed E-state index contributed by atoms with van der Waals surface area (Å²) in [5.74, 6) is -2.06. The predicted molar refractivity (Wildman–Crippen MR) is 73.5 cm³/mol. The molecule has 1 aliphatic heterocycles. The van der Waals surface area contributed by atoms with Gasteiger partial charge in [-0.25, -0.2) is 17.5 Å². The monoisotopic (exact) mass is 304 g/mol. The lowest BCUT2D eigenvalue weighted by Crippen LogP contribution is -2.49. The Kier molecular flexibility index (Phi) is 5.70. The number of carboxylic acid groups (broad SMARTS) is 1. The van der Waals surface area contributed by atoms with Gasteiger partial charge in [-0.15, -0.1) is 6.58 Å². The molecule has 0 radical (unpaired) electrons. The Hall–Kier alpha value is -1.41. The molecule has 0 bridgehead atoms. The quantitative estimate of drug-likeness (QED) is 0.662. The summed E-state index contributed by atoms with van der Waals surface area (Å²) in [5.41, 5.74) is 0. The molecule has 1 saturated heterocycles. The normalized spacial score (nSPS) is 21.9. The Morgan fingerprint density at radius 1 is 1.55 bits per heavy atom. The van der Waals surface area contributed by atoms with E-state index in [1.54, 1.807) is 0 Å². The summed E-state index contributed by atoms with van der Waals surface area (Å²) >= 11 is 0. The molecule has 1 amide bonds. The summed E-state index contributed by atoms with van der Waals surface area (Å²) in [7, 11) is -3.33. The van der Waals surface area contributed by atoms with Gasteiger partial charge in [0, 0.05) is 13.1 Å². The molecule has 0 saturated carbocycles. The van der Waals surface area contributed by atoms with E-state index in [9.17, 15) is 18.0 Å². The molecule has 114 valence electrons. The molecule has 1 heterocycles.